The summed E-state index contributed by atoms with van der Waals surface area (Å²) in [5, 5.41) is 2.66. The van der Waals surface area contributed by atoms with Gasteiger partial charge >= 0.3 is 0 Å². The zero-order valence-corrected chi connectivity index (χ0v) is 17.5. The SMILES string of the molecule is O=c1c2ccccc2nc(SCc2nc3ccccc3s2)n1-c1ccccc1Cl. The Bertz CT molecular complexity index is 1380. The van der Waals surface area contributed by atoms with Crippen molar-refractivity contribution in [3.05, 3.63) is 93.2 Å². The van der Waals surface area contributed by atoms with Crippen molar-refractivity contribution >= 4 is 55.8 Å². The van der Waals surface area contributed by atoms with Gasteiger partial charge in [-0.25, -0.2) is 9.97 Å². The number of aromatic nitrogens is 3. The Morgan fingerprint density at radius 2 is 1.62 bits per heavy atom. The number of hydrogen-bond acceptors (Lipinski definition) is 5. The summed E-state index contributed by atoms with van der Waals surface area (Å²) in [6.07, 6.45) is 0. The van der Waals surface area contributed by atoms with Crippen LogP contribution in [0.15, 0.2) is 82.7 Å². The van der Waals surface area contributed by atoms with Crippen molar-refractivity contribution in [2.45, 2.75) is 10.9 Å². The molecule has 0 radical (unpaired) electrons. The van der Waals surface area contributed by atoms with E-state index in [0.717, 1.165) is 15.2 Å². The molecule has 0 fully saturated rings. The molecule has 0 atom stereocenters. The van der Waals surface area contributed by atoms with Gasteiger partial charge in [-0.1, -0.05) is 59.8 Å². The fourth-order valence-electron chi connectivity index (χ4n) is 3.16. The lowest BCUT2D eigenvalue weighted by atomic mass is 10.2. The zero-order valence-electron chi connectivity index (χ0n) is 15.1. The van der Waals surface area contributed by atoms with E-state index < -0.39 is 0 Å². The molecule has 29 heavy (non-hydrogen) atoms. The second-order valence-corrected chi connectivity index (χ2v) is 8.83. The third kappa shape index (κ3) is 3.44. The van der Waals surface area contributed by atoms with Gasteiger partial charge in [0.1, 0.15) is 5.01 Å². The van der Waals surface area contributed by atoms with Gasteiger partial charge < -0.3 is 0 Å². The molecule has 142 valence electrons. The van der Waals surface area contributed by atoms with Gasteiger partial charge in [0, 0.05) is 0 Å². The molecule has 2 heterocycles. The van der Waals surface area contributed by atoms with Crippen molar-refractivity contribution in [2.24, 2.45) is 0 Å². The number of para-hydroxylation sites is 3. The molecule has 5 rings (SSSR count). The maximum absolute atomic E-state index is 13.3. The van der Waals surface area contributed by atoms with E-state index in [0.29, 0.717) is 32.5 Å². The van der Waals surface area contributed by atoms with Crippen LogP contribution < -0.4 is 5.56 Å². The molecule has 0 aliphatic heterocycles. The maximum atomic E-state index is 13.3. The summed E-state index contributed by atoms with van der Waals surface area (Å²) in [6.45, 7) is 0. The van der Waals surface area contributed by atoms with E-state index in [2.05, 4.69) is 11.1 Å². The Hall–Kier alpha value is -2.67. The van der Waals surface area contributed by atoms with E-state index in [9.17, 15) is 4.79 Å². The molecule has 0 bridgehead atoms. The average molecular weight is 436 g/mol. The van der Waals surface area contributed by atoms with Crippen molar-refractivity contribution < 1.29 is 0 Å². The maximum Gasteiger partial charge on any atom is 0.266 e. The largest absolute Gasteiger partial charge is 0.268 e. The standard InChI is InChI=1S/C22H14ClN3OS2/c23-15-8-2-5-11-18(15)26-21(27)14-7-1-3-9-16(14)25-22(26)28-13-20-24-17-10-4-6-12-19(17)29-20/h1-12H,13H2. The average Bonchev–Trinajstić information content (AvgIpc) is 3.16. The first-order valence-electron chi connectivity index (χ1n) is 8.95. The second kappa shape index (κ2) is 7.63. The summed E-state index contributed by atoms with van der Waals surface area (Å²) in [6, 6.07) is 22.8. The first kappa shape index (κ1) is 18.4. The Morgan fingerprint density at radius 3 is 2.45 bits per heavy atom. The third-order valence-corrected chi connectivity index (χ3v) is 6.99. The molecule has 4 nitrogen and oxygen atoms in total. The van der Waals surface area contributed by atoms with Crippen molar-refractivity contribution in [1.82, 2.24) is 14.5 Å². The molecule has 0 amide bonds. The molecule has 7 heteroatoms. The Kier molecular flexibility index (Phi) is 4.83. The highest BCUT2D eigenvalue weighted by Crippen LogP contribution is 2.30. The van der Waals surface area contributed by atoms with Crippen LogP contribution in [0, 0.1) is 0 Å². The highest BCUT2D eigenvalue weighted by Gasteiger charge is 2.16. The fourth-order valence-corrected chi connectivity index (χ4v) is 5.35. The fraction of sp³-hybridized carbons (Fsp3) is 0.0455. The first-order valence-corrected chi connectivity index (χ1v) is 11.1. The van der Waals surface area contributed by atoms with Crippen LogP contribution in [0.3, 0.4) is 0 Å². The summed E-state index contributed by atoms with van der Waals surface area (Å²) in [5.41, 5.74) is 2.16. The highest BCUT2D eigenvalue weighted by molar-refractivity contribution is 7.98. The predicted molar refractivity (Wildman–Crippen MR) is 122 cm³/mol. The minimum absolute atomic E-state index is 0.129. The van der Waals surface area contributed by atoms with Crippen LogP contribution in [0.5, 0.6) is 0 Å². The van der Waals surface area contributed by atoms with Gasteiger partial charge in [0.25, 0.3) is 5.56 Å². The molecule has 0 unspecified atom stereocenters. The van der Waals surface area contributed by atoms with Crippen molar-refractivity contribution in [3.63, 3.8) is 0 Å². The van der Waals surface area contributed by atoms with Crippen LogP contribution in [-0.4, -0.2) is 14.5 Å². The van der Waals surface area contributed by atoms with E-state index in [1.807, 2.05) is 54.6 Å². The summed E-state index contributed by atoms with van der Waals surface area (Å²) >= 11 is 9.56. The number of rotatable bonds is 4. The molecule has 0 saturated carbocycles. The lowest BCUT2D eigenvalue weighted by molar-refractivity contribution is 0.819. The smallest absolute Gasteiger partial charge is 0.266 e. The molecule has 0 spiro atoms. The van der Waals surface area contributed by atoms with Crippen LogP contribution in [-0.2, 0) is 5.75 Å². The van der Waals surface area contributed by atoms with Gasteiger partial charge in [0.15, 0.2) is 5.16 Å². The summed E-state index contributed by atoms with van der Waals surface area (Å²) in [5.74, 6) is 0.620. The number of nitrogens with zero attached hydrogens (tertiary/aromatic N) is 3. The Labute approximate surface area is 179 Å². The monoisotopic (exact) mass is 435 g/mol. The van der Waals surface area contributed by atoms with Crippen molar-refractivity contribution in [3.8, 4) is 5.69 Å². The minimum atomic E-state index is -0.129. The van der Waals surface area contributed by atoms with Gasteiger partial charge in [-0.3, -0.25) is 9.36 Å². The van der Waals surface area contributed by atoms with E-state index in [-0.39, 0.29) is 5.56 Å². The third-order valence-electron chi connectivity index (χ3n) is 4.50. The Balaban J connectivity index is 1.62. The number of thioether (sulfide) groups is 1. The van der Waals surface area contributed by atoms with E-state index in [1.54, 1.807) is 28.0 Å². The highest BCUT2D eigenvalue weighted by atomic mass is 35.5. The number of benzene rings is 3. The number of halogens is 1. The molecule has 2 aromatic heterocycles. The van der Waals surface area contributed by atoms with E-state index in [4.69, 9.17) is 16.6 Å². The number of thiazole rings is 1. The van der Waals surface area contributed by atoms with E-state index in [1.165, 1.54) is 11.8 Å². The predicted octanol–water partition coefficient (Wildman–Crippen LogP) is 5.94. The van der Waals surface area contributed by atoms with Crippen LogP contribution >= 0.6 is 34.7 Å². The van der Waals surface area contributed by atoms with Gasteiger partial charge in [-0.2, -0.15) is 0 Å². The molecule has 0 aliphatic rings. The molecular weight excluding hydrogens is 422 g/mol. The number of hydrogen-bond donors (Lipinski definition) is 0. The second-order valence-electron chi connectivity index (χ2n) is 6.37. The van der Waals surface area contributed by atoms with Gasteiger partial charge in [-0.15, -0.1) is 11.3 Å². The summed E-state index contributed by atoms with van der Waals surface area (Å²) in [4.78, 5) is 22.7. The van der Waals surface area contributed by atoms with Gasteiger partial charge in [0.05, 0.1) is 37.6 Å². The zero-order chi connectivity index (χ0) is 19.8. The lowest BCUT2D eigenvalue weighted by Gasteiger charge is -2.14. The molecule has 0 N–H and O–H groups in total. The van der Waals surface area contributed by atoms with Crippen LogP contribution in [0.25, 0.3) is 26.8 Å². The molecular formula is C22H14ClN3OS2. The van der Waals surface area contributed by atoms with Crippen LogP contribution in [0.4, 0.5) is 0 Å². The molecule has 5 aromatic rings. The lowest BCUT2D eigenvalue weighted by Crippen LogP contribution is -2.22. The van der Waals surface area contributed by atoms with Crippen LogP contribution in [0.1, 0.15) is 5.01 Å². The van der Waals surface area contributed by atoms with Crippen molar-refractivity contribution in [2.75, 3.05) is 0 Å². The summed E-state index contributed by atoms with van der Waals surface area (Å²) < 4.78 is 2.75. The molecule has 3 aromatic carbocycles. The van der Waals surface area contributed by atoms with Crippen molar-refractivity contribution in [1.29, 1.82) is 0 Å². The summed E-state index contributed by atoms with van der Waals surface area (Å²) in [7, 11) is 0. The van der Waals surface area contributed by atoms with Gasteiger partial charge in [0.2, 0.25) is 0 Å². The molecule has 0 aliphatic carbocycles. The van der Waals surface area contributed by atoms with Gasteiger partial charge in [-0.05, 0) is 36.4 Å². The normalized spacial score (nSPS) is 11.3. The van der Waals surface area contributed by atoms with E-state index >= 15 is 0 Å². The minimum Gasteiger partial charge on any atom is -0.268 e. The number of fused-ring (bicyclic) bond motifs is 2. The first-order chi connectivity index (χ1) is 14.2. The quantitative estimate of drug-likeness (QED) is 0.259. The topological polar surface area (TPSA) is 47.8 Å². The van der Waals surface area contributed by atoms with Crippen LogP contribution in [0.2, 0.25) is 5.02 Å². The molecule has 0 saturated heterocycles. The Morgan fingerprint density at radius 1 is 0.897 bits per heavy atom.